The zero-order valence-electron chi connectivity index (χ0n) is 13.9. The van der Waals surface area contributed by atoms with Crippen molar-refractivity contribution >= 4 is 6.09 Å². The fourth-order valence-electron chi connectivity index (χ4n) is 3.27. The molecule has 2 N–H and O–H groups in total. The third-order valence-corrected chi connectivity index (χ3v) is 4.43. The van der Waals surface area contributed by atoms with Crippen molar-refractivity contribution in [3.05, 3.63) is 35.9 Å². The van der Waals surface area contributed by atoms with Crippen LogP contribution in [-0.2, 0) is 11.3 Å². The highest BCUT2D eigenvalue weighted by Gasteiger charge is 2.32. The van der Waals surface area contributed by atoms with Gasteiger partial charge >= 0.3 is 6.09 Å². The van der Waals surface area contributed by atoms with Crippen molar-refractivity contribution in [1.29, 1.82) is 0 Å². The summed E-state index contributed by atoms with van der Waals surface area (Å²) >= 11 is 0. The monoisotopic (exact) mass is 320 g/mol. The van der Waals surface area contributed by atoms with E-state index in [1.807, 2.05) is 42.2 Å². The molecule has 0 saturated heterocycles. The predicted octanol–water partition coefficient (Wildman–Crippen LogP) is 2.54. The van der Waals surface area contributed by atoms with Crippen LogP contribution in [0.25, 0.3) is 0 Å². The molecule has 128 valence electrons. The highest BCUT2D eigenvalue weighted by molar-refractivity contribution is 5.68. The molecule has 0 spiro atoms. The molecule has 1 saturated carbocycles. The Morgan fingerprint density at radius 3 is 2.74 bits per heavy atom. The first-order valence-corrected chi connectivity index (χ1v) is 8.57. The molecule has 2 rings (SSSR count). The number of hydrogen-bond donors (Lipinski definition) is 2. The second kappa shape index (κ2) is 9.53. The van der Waals surface area contributed by atoms with Crippen LogP contribution in [0.4, 0.5) is 4.79 Å². The van der Waals surface area contributed by atoms with Gasteiger partial charge in [-0.05, 0) is 25.3 Å². The van der Waals surface area contributed by atoms with E-state index in [4.69, 9.17) is 9.84 Å². The van der Waals surface area contributed by atoms with Gasteiger partial charge in [0.05, 0.1) is 12.6 Å². The number of likely N-dealkylation sites (N-methyl/N-ethyl adjacent to an activating group) is 1. The van der Waals surface area contributed by atoms with Crippen molar-refractivity contribution in [2.24, 2.45) is 0 Å². The molecule has 1 amide bonds. The Morgan fingerprint density at radius 1 is 1.30 bits per heavy atom. The first kappa shape index (κ1) is 17.8. The molecule has 0 bridgehead atoms. The van der Waals surface area contributed by atoms with Crippen molar-refractivity contribution in [3.8, 4) is 0 Å². The predicted molar refractivity (Wildman–Crippen MR) is 90.1 cm³/mol. The molecule has 0 aliphatic heterocycles. The summed E-state index contributed by atoms with van der Waals surface area (Å²) in [4.78, 5) is 14.3. The van der Waals surface area contributed by atoms with Gasteiger partial charge in [-0.15, -0.1) is 0 Å². The van der Waals surface area contributed by atoms with Crippen molar-refractivity contribution in [3.63, 3.8) is 0 Å². The Balaban J connectivity index is 1.94. The average molecular weight is 320 g/mol. The van der Waals surface area contributed by atoms with Gasteiger partial charge in [0.25, 0.3) is 0 Å². The molecule has 23 heavy (non-hydrogen) atoms. The lowest BCUT2D eigenvalue weighted by Gasteiger charge is -2.39. The number of nitrogens with one attached hydrogen (secondary N) is 1. The molecule has 1 fully saturated rings. The molecule has 0 unspecified atom stereocenters. The molecular formula is C18H28N2O3. The minimum Gasteiger partial charge on any atom is -0.445 e. The summed E-state index contributed by atoms with van der Waals surface area (Å²) in [6.45, 7) is 3.61. The van der Waals surface area contributed by atoms with E-state index < -0.39 is 0 Å². The van der Waals surface area contributed by atoms with E-state index >= 15 is 0 Å². The molecule has 1 aliphatic rings. The highest BCUT2D eigenvalue weighted by atomic mass is 16.6. The Labute approximate surface area is 138 Å². The van der Waals surface area contributed by atoms with Gasteiger partial charge in [-0.2, -0.15) is 0 Å². The fourth-order valence-corrected chi connectivity index (χ4v) is 3.27. The van der Waals surface area contributed by atoms with E-state index in [0.717, 1.165) is 31.2 Å². The minimum atomic E-state index is -0.251. The quantitative estimate of drug-likeness (QED) is 0.810. The molecule has 2 atom stereocenters. The van der Waals surface area contributed by atoms with E-state index in [-0.39, 0.29) is 24.8 Å². The maximum atomic E-state index is 12.5. The maximum Gasteiger partial charge on any atom is 0.410 e. The van der Waals surface area contributed by atoms with Crippen LogP contribution in [0.5, 0.6) is 0 Å². The third kappa shape index (κ3) is 5.22. The molecular weight excluding hydrogens is 292 g/mol. The van der Waals surface area contributed by atoms with Crippen LogP contribution < -0.4 is 5.32 Å². The number of rotatable bonds is 7. The first-order valence-electron chi connectivity index (χ1n) is 8.57. The van der Waals surface area contributed by atoms with Crippen LogP contribution in [0.1, 0.15) is 38.2 Å². The number of ether oxygens (including phenoxy) is 1. The van der Waals surface area contributed by atoms with E-state index in [0.29, 0.717) is 19.7 Å². The number of amides is 1. The van der Waals surface area contributed by atoms with Crippen molar-refractivity contribution in [2.75, 3.05) is 19.7 Å². The van der Waals surface area contributed by atoms with Crippen LogP contribution >= 0.6 is 0 Å². The first-order chi connectivity index (χ1) is 11.3. The lowest BCUT2D eigenvalue weighted by molar-refractivity contribution is 0.0639. The summed E-state index contributed by atoms with van der Waals surface area (Å²) in [7, 11) is 0. The number of benzene rings is 1. The maximum absolute atomic E-state index is 12.5. The van der Waals surface area contributed by atoms with Gasteiger partial charge in [0, 0.05) is 19.1 Å². The number of carbonyl (C=O) groups is 1. The lowest BCUT2D eigenvalue weighted by atomic mass is 9.89. The Bertz CT molecular complexity index is 467. The van der Waals surface area contributed by atoms with Gasteiger partial charge in [0.1, 0.15) is 6.61 Å². The van der Waals surface area contributed by atoms with Crippen molar-refractivity contribution in [2.45, 2.75) is 51.3 Å². The molecule has 0 heterocycles. The minimum absolute atomic E-state index is 0.119. The summed E-state index contributed by atoms with van der Waals surface area (Å²) in [5.74, 6) is 0. The Hall–Kier alpha value is -1.59. The third-order valence-electron chi connectivity index (χ3n) is 4.43. The molecule has 1 aliphatic carbocycles. The summed E-state index contributed by atoms with van der Waals surface area (Å²) in [5.41, 5.74) is 0.996. The number of aliphatic hydroxyl groups excluding tert-OH is 1. The highest BCUT2D eigenvalue weighted by Crippen LogP contribution is 2.24. The molecule has 1 aromatic rings. The lowest BCUT2D eigenvalue weighted by Crippen LogP contribution is -2.54. The Morgan fingerprint density at radius 2 is 2.04 bits per heavy atom. The standard InChI is InChI=1S/C18H28N2O3/c1-2-20(17-11-7-6-10-16(17)19-12-13-21)18(22)23-14-15-8-4-3-5-9-15/h3-5,8-9,16-17,19,21H,2,6-7,10-14H2,1H3/t16-,17+/m0/s1. The van der Waals surface area contributed by atoms with Crippen molar-refractivity contribution in [1.82, 2.24) is 10.2 Å². The van der Waals surface area contributed by atoms with Crippen LogP contribution in [0.15, 0.2) is 30.3 Å². The molecule has 0 radical (unpaired) electrons. The largest absolute Gasteiger partial charge is 0.445 e. The zero-order chi connectivity index (χ0) is 16.5. The average Bonchev–Trinajstić information content (AvgIpc) is 2.60. The normalized spacial score (nSPS) is 21.0. The number of nitrogens with zero attached hydrogens (tertiary/aromatic N) is 1. The zero-order valence-corrected chi connectivity index (χ0v) is 13.9. The van der Waals surface area contributed by atoms with Gasteiger partial charge in [-0.25, -0.2) is 4.79 Å². The SMILES string of the molecule is CCN(C(=O)OCc1ccccc1)[C@@H]1CCCC[C@@H]1NCCO. The molecule has 0 aromatic heterocycles. The molecule has 5 heteroatoms. The number of carbonyl (C=O) groups excluding carboxylic acids is 1. The van der Waals surface area contributed by atoms with Gasteiger partial charge in [-0.3, -0.25) is 0 Å². The van der Waals surface area contributed by atoms with Gasteiger partial charge in [0.15, 0.2) is 0 Å². The molecule has 5 nitrogen and oxygen atoms in total. The smallest absolute Gasteiger partial charge is 0.410 e. The van der Waals surface area contributed by atoms with Gasteiger partial charge in [-0.1, -0.05) is 43.2 Å². The van der Waals surface area contributed by atoms with Crippen LogP contribution in [-0.4, -0.2) is 47.9 Å². The van der Waals surface area contributed by atoms with E-state index in [1.165, 1.54) is 0 Å². The van der Waals surface area contributed by atoms with Crippen LogP contribution in [0.3, 0.4) is 0 Å². The summed E-state index contributed by atoms with van der Waals surface area (Å²) in [5, 5.41) is 12.4. The second-order valence-corrected chi connectivity index (χ2v) is 5.96. The van der Waals surface area contributed by atoms with Gasteiger partial charge < -0.3 is 20.1 Å². The Kier molecular flexibility index (Phi) is 7.36. The van der Waals surface area contributed by atoms with Crippen LogP contribution in [0.2, 0.25) is 0 Å². The topological polar surface area (TPSA) is 61.8 Å². The van der Waals surface area contributed by atoms with Gasteiger partial charge in [0.2, 0.25) is 0 Å². The summed E-state index contributed by atoms with van der Waals surface area (Å²) < 4.78 is 5.50. The number of hydrogen-bond acceptors (Lipinski definition) is 4. The number of aliphatic hydroxyl groups is 1. The van der Waals surface area contributed by atoms with Crippen molar-refractivity contribution < 1.29 is 14.6 Å². The summed E-state index contributed by atoms with van der Waals surface area (Å²) in [6.07, 6.45) is 4.06. The van der Waals surface area contributed by atoms with E-state index in [1.54, 1.807) is 0 Å². The van der Waals surface area contributed by atoms with Crippen LogP contribution in [0, 0.1) is 0 Å². The van der Waals surface area contributed by atoms with E-state index in [9.17, 15) is 4.79 Å². The van der Waals surface area contributed by atoms with E-state index in [2.05, 4.69) is 5.32 Å². The fraction of sp³-hybridized carbons (Fsp3) is 0.611. The summed E-state index contributed by atoms with van der Waals surface area (Å²) in [6, 6.07) is 10.1. The molecule has 1 aromatic carbocycles. The second-order valence-electron chi connectivity index (χ2n) is 5.96.